The number of hydrogen-bond acceptors (Lipinski definition) is 4. The summed E-state index contributed by atoms with van der Waals surface area (Å²) in [5.41, 5.74) is 0.273. The quantitative estimate of drug-likeness (QED) is 0.675. The van der Waals surface area contributed by atoms with Crippen molar-refractivity contribution in [2.75, 3.05) is 0 Å². The van der Waals surface area contributed by atoms with Gasteiger partial charge in [-0.2, -0.15) is 5.10 Å². The monoisotopic (exact) mass is 280 g/mol. The Morgan fingerprint density at radius 3 is 2.70 bits per heavy atom. The molecular weight excluding hydrogens is 260 g/mol. The molecule has 0 radical (unpaired) electrons. The predicted octanol–water partition coefficient (Wildman–Crippen LogP) is 2.11. The average Bonchev–Trinajstić information content (AvgIpc) is 2.81. The summed E-state index contributed by atoms with van der Waals surface area (Å²) in [6.45, 7) is 3.27. The molecule has 1 aromatic rings. The van der Waals surface area contributed by atoms with Gasteiger partial charge in [-0.1, -0.05) is 19.3 Å². The number of nitrogens with one attached hydrogen (secondary N) is 1. The lowest BCUT2D eigenvalue weighted by Crippen LogP contribution is -2.40. The van der Waals surface area contributed by atoms with Crippen molar-refractivity contribution in [2.45, 2.75) is 58.0 Å². The molecule has 0 aliphatic heterocycles. The van der Waals surface area contributed by atoms with Crippen molar-refractivity contribution in [3.63, 3.8) is 0 Å². The van der Waals surface area contributed by atoms with Crippen LogP contribution in [0, 0.1) is 17.0 Å². The number of aryl methyl sites for hydroxylation is 1. The minimum absolute atomic E-state index is 0.0534. The summed E-state index contributed by atoms with van der Waals surface area (Å²) in [7, 11) is 0. The highest BCUT2D eigenvalue weighted by Crippen LogP contribution is 2.20. The van der Waals surface area contributed by atoms with E-state index < -0.39 is 11.0 Å². The second-order valence-corrected chi connectivity index (χ2v) is 5.36. The number of amides is 1. The van der Waals surface area contributed by atoms with Crippen molar-refractivity contribution >= 4 is 11.6 Å². The van der Waals surface area contributed by atoms with Gasteiger partial charge in [0.15, 0.2) is 0 Å². The van der Waals surface area contributed by atoms with Gasteiger partial charge < -0.3 is 5.32 Å². The van der Waals surface area contributed by atoms with E-state index in [1.165, 1.54) is 17.3 Å². The molecule has 2 rings (SSSR count). The van der Waals surface area contributed by atoms with Crippen LogP contribution in [0.4, 0.5) is 5.69 Å². The van der Waals surface area contributed by atoms with Crippen molar-refractivity contribution in [1.29, 1.82) is 0 Å². The third kappa shape index (κ3) is 3.15. The minimum atomic E-state index is -0.538. The molecule has 7 heteroatoms. The van der Waals surface area contributed by atoms with Crippen molar-refractivity contribution in [3.05, 3.63) is 22.0 Å². The highest BCUT2D eigenvalue weighted by atomic mass is 16.6. The number of carbonyl (C=O) groups is 1. The lowest BCUT2D eigenvalue weighted by atomic mass is 9.95. The average molecular weight is 280 g/mol. The van der Waals surface area contributed by atoms with Gasteiger partial charge in [0, 0.05) is 6.04 Å². The van der Waals surface area contributed by atoms with E-state index in [-0.39, 0.29) is 17.6 Å². The Morgan fingerprint density at radius 2 is 2.15 bits per heavy atom. The molecule has 110 valence electrons. The number of rotatable bonds is 4. The largest absolute Gasteiger partial charge is 0.352 e. The van der Waals surface area contributed by atoms with Crippen molar-refractivity contribution < 1.29 is 9.72 Å². The molecule has 20 heavy (non-hydrogen) atoms. The molecule has 1 heterocycles. The third-order valence-corrected chi connectivity index (χ3v) is 3.82. The standard InChI is InChI=1S/C13H20N4O3/c1-9-12(17(19)20)8-16(15-9)10(2)13(18)14-11-6-4-3-5-7-11/h8,10-11H,3-7H2,1-2H3,(H,14,18). The van der Waals surface area contributed by atoms with Gasteiger partial charge in [-0.15, -0.1) is 0 Å². The van der Waals surface area contributed by atoms with Crippen molar-refractivity contribution in [2.24, 2.45) is 0 Å². The van der Waals surface area contributed by atoms with Crippen molar-refractivity contribution in [3.8, 4) is 0 Å². The molecule has 1 amide bonds. The zero-order valence-electron chi connectivity index (χ0n) is 11.8. The molecule has 1 unspecified atom stereocenters. The van der Waals surface area contributed by atoms with Gasteiger partial charge in [-0.05, 0) is 26.7 Å². The van der Waals surface area contributed by atoms with E-state index in [9.17, 15) is 14.9 Å². The molecule has 1 atom stereocenters. The molecule has 0 aromatic carbocycles. The van der Waals surface area contributed by atoms with Crippen LogP contribution in [0.5, 0.6) is 0 Å². The maximum absolute atomic E-state index is 12.2. The molecule has 0 bridgehead atoms. The molecule has 0 spiro atoms. The van der Waals surface area contributed by atoms with E-state index in [1.807, 2.05) is 0 Å². The molecular formula is C13H20N4O3. The number of nitrogens with zero attached hydrogens (tertiary/aromatic N) is 3. The molecule has 1 fully saturated rings. The first-order valence-electron chi connectivity index (χ1n) is 6.99. The fraction of sp³-hybridized carbons (Fsp3) is 0.692. The maximum Gasteiger partial charge on any atom is 0.309 e. The van der Waals surface area contributed by atoms with Crippen LogP contribution in [-0.4, -0.2) is 26.7 Å². The summed E-state index contributed by atoms with van der Waals surface area (Å²) < 4.78 is 1.37. The molecule has 1 aromatic heterocycles. The highest BCUT2D eigenvalue weighted by molar-refractivity contribution is 5.80. The molecule has 1 aliphatic carbocycles. The summed E-state index contributed by atoms with van der Waals surface area (Å²) in [4.78, 5) is 22.5. The Bertz CT molecular complexity index is 506. The van der Waals surface area contributed by atoms with Gasteiger partial charge in [0.2, 0.25) is 5.91 Å². The Kier molecular flexibility index (Phi) is 4.36. The first kappa shape index (κ1) is 14.5. The summed E-state index contributed by atoms with van der Waals surface area (Å²) >= 11 is 0. The first-order valence-corrected chi connectivity index (χ1v) is 6.99. The SMILES string of the molecule is Cc1nn(C(C)C(=O)NC2CCCCC2)cc1[N+](=O)[O-]. The Balaban J connectivity index is 2.02. The molecule has 1 aliphatic rings. The van der Waals surface area contributed by atoms with E-state index in [1.54, 1.807) is 13.8 Å². The van der Waals surface area contributed by atoms with Crippen LogP contribution in [0.15, 0.2) is 6.20 Å². The zero-order valence-corrected chi connectivity index (χ0v) is 11.8. The summed E-state index contributed by atoms with van der Waals surface area (Å²) in [5.74, 6) is -0.130. The Morgan fingerprint density at radius 1 is 1.50 bits per heavy atom. The van der Waals surface area contributed by atoms with Crippen LogP contribution in [0.1, 0.15) is 50.8 Å². The molecule has 1 N–H and O–H groups in total. The van der Waals surface area contributed by atoms with E-state index in [2.05, 4.69) is 10.4 Å². The fourth-order valence-electron chi connectivity index (χ4n) is 2.54. The van der Waals surface area contributed by atoms with Crippen LogP contribution in [0.3, 0.4) is 0 Å². The summed E-state index contributed by atoms with van der Waals surface area (Å²) in [5, 5.41) is 17.9. The Hall–Kier alpha value is -1.92. The second-order valence-electron chi connectivity index (χ2n) is 5.36. The van der Waals surface area contributed by atoms with E-state index >= 15 is 0 Å². The van der Waals surface area contributed by atoms with E-state index in [0.717, 1.165) is 25.7 Å². The number of hydrogen-bond donors (Lipinski definition) is 1. The third-order valence-electron chi connectivity index (χ3n) is 3.82. The topological polar surface area (TPSA) is 90.1 Å². The minimum Gasteiger partial charge on any atom is -0.352 e. The van der Waals surface area contributed by atoms with Gasteiger partial charge in [0.1, 0.15) is 17.9 Å². The molecule has 0 saturated heterocycles. The fourth-order valence-corrected chi connectivity index (χ4v) is 2.54. The smallest absolute Gasteiger partial charge is 0.309 e. The maximum atomic E-state index is 12.2. The second kappa shape index (κ2) is 6.02. The highest BCUT2D eigenvalue weighted by Gasteiger charge is 2.24. The van der Waals surface area contributed by atoms with E-state index in [0.29, 0.717) is 5.69 Å². The molecule has 7 nitrogen and oxygen atoms in total. The zero-order chi connectivity index (χ0) is 14.7. The normalized spacial score (nSPS) is 17.7. The van der Waals surface area contributed by atoms with Gasteiger partial charge in [-0.25, -0.2) is 0 Å². The Labute approximate surface area is 117 Å². The number of carbonyl (C=O) groups excluding carboxylic acids is 1. The lowest BCUT2D eigenvalue weighted by molar-refractivity contribution is -0.385. The van der Waals surface area contributed by atoms with Crippen LogP contribution in [0.25, 0.3) is 0 Å². The lowest BCUT2D eigenvalue weighted by Gasteiger charge is -2.24. The van der Waals surface area contributed by atoms with Gasteiger partial charge >= 0.3 is 5.69 Å². The first-order chi connectivity index (χ1) is 9.49. The van der Waals surface area contributed by atoms with Gasteiger partial charge in [0.05, 0.1) is 4.92 Å². The predicted molar refractivity (Wildman–Crippen MR) is 73.3 cm³/mol. The van der Waals surface area contributed by atoms with Crippen molar-refractivity contribution in [1.82, 2.24) is 15.1 Å². The van der Waals surface area contributed by atoms with Crippen LogP contribution in [0.2, 0.25) is 0 Å². The van der Waals surface area contributed by atoms with Crippen LogP contribution >= 0.6 is 0 Å². The number of aromatic nitrogens is 2. The van der Waals surface area contributed by atoms with Gasteiger partial charge in [0.25, 0.3) is 0 Å². The summed E-state index contributed by atoms with van der Waals surface area (Å²) in [6, 6.07) is -0.310. The number of nitro groups is 1. The van der Waals surface area contributed by atoms with Crippen LogP contribution in [-0.2, 0) is 4.79 Å². The van der Waals surface area contributed by atoms with E-state index in [4.69, 9.17) is 0 Å². The van der Waals surface area contributed by atoms with Gasteiger partial charge in [-0.3, -0.25) is 19.6 Å². The van der Waals surface area contributed by atoms with Crippen LogP contribution < -0.4 is 5.32 Å². The molecule has 1 saturated carbocycles. The summed E-state index contributed by atoms with van der Waals surface area (Å²) in [6.07, 6.45) is 6.86.